The standard InChI is InChI=1S/C63H39N3O/c1-5-17-40(18-6-1)45-31-46(41-19-7-2-8-20-41)34-49(33-45)62-64-61(65-63(66-62)50-35-47(42-21-9-3-10-22-42)32-48(36-50)43-23-11-4-12-24-43)44-29-30-59-57(37-44)58-38-55-53-27-15-13-25-51(53)52-26-14-16-28-54(52)56(55)39-60(58)67-59/h1-39H. The summed E-state index contributed by atoms with van der Waals surface area (Å²) in [6.07, 6.45) is 0. The number of nitrogens with zero attached hydrogens (tertiary/aromatic N) is 3. The Morgan fingerprint density at radius 2 is 0.522 bits per heavy atom. The van der Waals surface area contributed by atoms with Gasteiger partial charge in [-0.05, 0) is 144 Å². The summed E-state index contributed by atoms with van der Waals surface area (Å²) in [4.78, 5) is 16.1. The van der Waals surface area contributed by atoms with E-state index in [1.54, 1.807) is 0 Å². The van der Waals surface area contributed by atoms with Crippen LogP contribution < -0.4 is 0 Å². The Kier molecular flexibility index (Phi) is 9.14. The van der Waals surface area contributed by atoms with E-state index in [-0.39, 0.29) is 0 Å². The first-order chi connectivity index (χ1) is 33.2. The van der Waals surface area contributed by atoms with Gasteiger partial charge in [-0.3, -0.25) is 0 Å². The van der Waals surface area contributed by atoms with Crippen LogP contribution in [-0.4, -0.2) is 15.0 Å². The molecule has 0 atom stereocenters. The molecule has 0 radical (unpaired) electrons. The number of furan rings is 1. The number of fused-ring (bicyclic) bond motifs is 9. The van der Waals surface area contributed by atoms with Crippen LogP contribution in [0.15, 0.2) is 241 Å². The van der Waals surface area contributed by atoms with Crippen molar-refractivity contribution in [2.45, 2.75) is 0 Å². The van der Waals surface area contributed by atoms with E-state index in [4.69, 9.17) is 19.4 Å². The molecule has 0 saturated heterocycles. The third-order valence-corrected chi connectivity index (χ3v) is 13.0. The van der Waals surface area contributed by atoms with Crippen LogP contribution >= 0.6 is 0 Å². The zero-order valence-electron chi connectivity index (χ0n) is 36.3. The van der Waals surface area contributed by atoms with Crippen molar-refractivity contribution in [2.24, 2.45) is 0 Å². The number of benzene rings is 11. The van der Waals surface area contributed by atoms with Gasteiger partial charge < -0.3 is 4.42 Å². The highest BCUT2D eigenvalue weighted by Crippen LogP contribution is 2.42. The van der Waals surface area contributed by atoms with E-state index in [0.717, 1.165) is 83.1 Å². The van der Waals surface area contributed by atoms with Crippen molar-refractivity contribution >= 4 is 54.3 Å². The first-order valence-corrected chi connectivity index (χ1v) is 22.7. The summed E-state index contributed by atoms with van der Waals surface area (Å²) in [5, 5.41) is 9.32. The lowest BCUT2D eigenvalue weighted by Crippen LogP contribution is -2.01. The zero-order chi connectivity index (χ0) is 44.3. The van der Waals surface area contributed by atoms with Gasteiger partial charge in [0.15, 0.2) is 17.5 Å². The zero-order valence-corrected chi connectivity index (χ0v) is 36.3. The van der Waals surface area contributed by atoms with Gasteiger partial charge in [0.25, 0.3) is 0 Å². The lowest BCUT2D eigenvalue weighted by Gasteiger charge is -2.14. The third-order valence-electron chi connectivity index (χ3n) is 13.0. The van der Waals surface area contributed by atoms with Gasteiger partial charge in [0.2, 0.25) is 0 Å². The van der Waals surface area contributed by atoms with Crippen LogP contribution in [0.25, 0.3) is 133 Å². The van der Waals surface area contributed by atoms with Gasteiger partial charge in [-0.25, -0.2) is 15.0 Å². The molecule has 0 aliphatic heterocycles. The second kappa shape index (κ2) is 15.9. The molecule has 0 aliphatic carbocycles. The lowest BCUT2D eigenvalue weighted by atomic mass is 9.93. The molecule has 0 spiro atoms. The molecule has 312 valence electrons. The molecule has 4 heteroatoms. The van der Waals surface area contributed by atoms with Gasteiger partial charge in [-0.15, -0.1) is 0 Å². The molecule has 0 amide bonds. The molecule has 2 aromatic heterocycles. The lowest BCUT2D eigenvalue weighted by molar-refractivity contribution is 0.669. The average molecular weight is 854 g/mol. The monoisotopic (exact) mass is 853 g/mol. The largest absolute Gasteiger partial charge is 0.456 e. The molecule has 11 aromatic carbocycles. The number of hydrogen-bond donors (Lipinski definition) is 0. The molecule has 0 bridgehead atoms. The van der Waals surface area contributed by atoms with Gasteiger partial charge >= 0.3 is 0 Å². The van der Waals surface area contributed by atoms with E-state index in [1.807, 2.05) is 0 Å². The first-order valence-electron chi connectivity index (χ1n) is 22.7. The fourth-order valence-corrected chi connectivity index (χ4v) is 9.78. The second-order valence-corrected chi connectivity index (χ2v) is 17.2. The maximum atomic E-state index is 6.67. The molecule has 4 nitrogen and oxygen atoms in total. The molecule has 13 rings (SSSR count). The molecule has 2 heterocycles. The smallest absolute Gasteiger partial charge is 0.164 e. The average Bonchev–Trinajstić information content (AvgIpc) is 3.78. The van der Waals surface area contributed by atoms with Gasteiger partial charge in [-0.1, -0.05) is 170 Å². The number of hydrogen-bond acceptors (Lipinski definition) is 4. The Balaban J connectivity index is 1.05. The van der Waals surface area contributed by atoms with Crippen LogP contribution in [0.4, 0.5) is 0 Å². The predicted molar refractivity (Wildman–Crippen MR) is 278 cm³/mol. The highest BCUT2D eigenvalue weighted by molar-refractivity contribution is 6.28. The molecule has 0 unspecified atom stereocenters. The Morgan fingerprint density at radius 1 is 0.194 bits per heavy atom. The maximum Gasteiger partial charge on any atom is 0.164 e. The van der Waals surface area contributed by atoms with Crippen molar-refractivity contribution in [1.29, 1.82) is 0 Å². The number of rotatable bonds is 7. The van der Waals surface area contributed by atoms with E-state index in [0.29, 0.717) is 17.5 Å². The number of aromatic nitrogens is 3. The first kappa shape index (κ1) is 38.5. The van der Waals surface area contributed by atoms with E-state index in [2.05, 4.69) is 237 Å². The summed E-state index contributed by atoms with van der Waals surface area (Å²) in [6.45, 7) is 0. The van der Waals surface area contributed by atoms with Gasteiger partial charge in [0.1, 0.15) is 11.2 Å². The Bertz CT molecular complexity index is 3750. The van der Waals surface area contributed by atoms with Crippen LogP contribution in [0.5, 0.6) is 0 Å². The van der Waals surface area contributed by atoms with Crippen molar-refractivity contribution in [3.8, 4) is 78.7 Å². The van der Waals surface area contributed by atoms with Crippen LogP contribution in [-0.2, 0) is 0 Å². The highest BCUT2D eigenvalue weighted by Gasteiger charge is 2.19. The fourth-order valence-electron chi connectivity index (χ4n) is 9.78. The molecule has 0 aliphatic rings. The van der Waals surface area contributed by atoms with Gasteiger partial charge in [-0.2, -0.15) is 0 Å². The molecule has 67 heavy (non-hydrogen) atoms. The van der Waals surface area contributed by atoms with E-state index >= 15 is 0 Å². The molecular weight excluding hydrogens is 815 g/mol. The van der Waals surface area contributed by atoms with Crippen molar-refractivity contribution in [2.75, 3.05) is 0 Å². The summed E-state index contributed by atoms with van der Waals surface area (Å²) < 4.78 is 6.67. The van der Waals surface area contributed by atoms with Crippen molar-refractivity contribution in [1.82, 2.24) is 15.0 Å². The SMILES string of the molecule is c1ccc(-c2cc(-c3ccccc3)cc(-c3nc(-c4cc(-c5ccccc5)cc(-c5ccccc5)c4)nc(-c4ccc5oc6cc7c8ccccc8c8ccccc8c7cc6c5c4)n3)c2)cc1. The quantitative estimate of drug-likeness (QED) is 0.150. The molecule has 0 fully saturated rings. The fraction of sp³-hybridized carbons (Fsp3) is 0. The molecule has 13 aromatic rings. The van der Waals surface area contributed by atoms with Gasteiger partial charge in [0, 0.05) is 27.5 Å². The normalized spacial score (nSPS) is 11.6. The van der Waals surface area contributed by atoms with Crippen molar-refractivity contribution in [3.63, 3.8) is 0 Å². The third kappa shape index (κ3) is 6.91. The maximum absolute atomic E-state index is 6.67. The Morgan fingerprint density at radius 3 is 0.940 bits per heavy atom. The molecule has 0 N–H and O–H groups in total. The van der Waals surface area contributed by atoms with Crippen molar-refractivity contribution < 1.29 is 4.42 Å². The Labute approximate surface area is 387 Å². The summed E-state index contributed by atoms with van der Waals surface area (Å²) in [7, 11) is 0. The van der Waals surface area contributed by atoms with Crippen LogP contribution in [0.2, 0.25) is 0 Å². The van der Waals surface area contributed by atoms with E-state index in [1.165, 1.54) is 32.3 Å². The minimum atomic E-state index is 0.575. The predicted octanol–water partition coefficient (Wildman–Crippen LogP) is 16.9. The van der Waals surface area contributed by atoms with Crippen LogP contribution in [0, 0.1) is 0 Å². The second-order valence-electron chi connectivity index (χ2n) is 17.2. The van der Waals surface area contributed by atoms with E-state index < -0.39 is 0 Å². The summed E-state index contributed by atoms with van der Waals surface area (Å²) >= 11 is 0. The van der Waals surface area contributed by atoms with Gasteiger partial charge in [0.05, 0.1) is 0 Å². The van der Waals surface area contributed by atoms with Crippen LogP contribution in [0.1, 0.15) is 0 Å². The highest BCUT2D eigenvalue weighted by atomic mass is 16.3. The minimum absolute atomic E-state index is 0.575. The Hall–Kier alpha value is -8.99. The van der Waals surface area contributed by atoms with E-state index in [9.17, 15) is 0 Å². The molecule has 0 saturated carbocycles. The summed E-state index contributed by atoms with van der Waals surface area (Å²) in [5.41, 5.74) is 13.1. The minimum Gasteiger partial charge on any atom is -0.456 e. The van der Waals surface area contributed by atoms with Crippen LogP contribution in [0.3, 0.4) is 0 Å². The topological polar surface area (TPSA) is 51.8 Å². The summed E-state index contributed by atoms with van der Waals surface area (Å²) in [6, 6.07) is 83.5. The van der Waals surface area contributed by atoms with Crippen molar-refractivity contribution in [3.05, 3.63) is 237 Å². The summed E-state index contributed by atoms with van der Waals surface area (Å²) in [5.74, 6) is 1.75. The molecular formula is C63H39N3O.